The maximum atomic E-state index is 5.23. The molecule has 3 rings (SSSR count). The van der Waals surface area contributed by atoms with Crippen LogP contribution in [-0.2, 0) is 6.54 Å². The van der Waals surface area contributed by atoms with Gasteiger partial charge in [-0.3, -0.25) is 9.67 Å². The van der Waals surface area contributed by atoms with E-state index in [9.17, 15) is 0 Å². The van der Waals surface area contributed by atoms with Crippen LogP contribution in [0, 0.1) is 10.7 Å². The summed E-state index contributed by atoms with van der Waals surface area (Å²) in [7, 11) is 0. The average Bonchev–Trinajstić information content (AvgIpc) is 3.06. The molecule has 1 saturated heterocycles. The van der Waals surface area contributed by atoms with E-state index in [1.165, 1.54) is 12.8 Å². The van der Waals surface area contributed by atoms with E-state index in [4.69, 9.17) is 17.2 Å². The zero-order chi connectivity index (χ0) is 14.1. The van der Waals surface area contributed by atoms with Gasteiger partial charge in [0, 0.05) is 25.0 Å². The second-order valence-corrected chi connectivity index (χ2v) is 6.50. The first-order valence-corrected chi connectivity index (χ1v) is 8.34. The Morgan fingerprint density at radius 2 is 2.20 bits per heavy atom. The Bertz CT molecular complexity index is 633. The zero-order valence-electron chi connectivity index (χ0n) is 11.8. The van der Waals surface area contributed by atoms with Crippen LogP contribution >= 0.6 is 23.6 Å². The predicted molar refractivity (Wildman–Crippen MR) is 84.8 cm³/mol. The van der Waals surface area contributed by atoms with Crippen LogP contribution in [-0.4, -0.2) is 32.8 Å². The molecule has 1 N–H and O–H groups in total. The Kier molecular flexibility index (Phi) is 3.89. The van der Waals surface area contributed by atoms with Gasteiger partial charge < -0.3 is 4.90 Å². The first kappa shape index (κ1) is 13.8. The molecule has 0 aromatic carbocycles. The van der Waals surface area contributed by atoms with E-state index in [-0.39, 0.29) is 0 Å². The van der Waals surface area contributed by atoms with Crippen LogP contribution in [0.2, 0.25) is 0 Å². The zero-order valence-corrected chi connectivity index (χ0v) is 13.4. The van der Waals surface area contributed by atoms with Gasteiger partial charge in [0.2, 0.25) is 0 Å². The van der Waals surface area contributed by atoms with Gasteiger partial charge in [0.1, 0.15) is 5.69 Å². The van der Waals surface area contributed by atoms with E-state index in [1.807, 2.05) is 4.57 Å². The van der Waals surface area contributed by atoms with Crippen LogP contribution in [0.5, 0.6) is 0 Å². The summed E-state index contributed by atoms with van der Waals surface area (Å²) in [6.45, 7) is 7.40. The molecule has 20 heavy (non-hydrogen) atoms. The van der Waals surface area contributed by atoms with Crippen molar-refractivity contribution in [3.8, 4) is 11.5 Å². The van der Waals surface area contributed by atoms with E-state index in [0.29, 0.717) is 4.77 Å². The smallest absolute Gasteiger partial charge is 0.195 e. The molecule has 108 valence electrons. The van der Waals surface area contributed by atoms with Gasteiger partial charge in [-0.2, -0.15) is 5.10 Å². The molecule has 7 heteroatoms. The molecule has 2 aromatic heterocycles. The molecule has 0 aliphatic carbocycles. The summed E-state index contributed by atoms with van der Waals surface area (Å²) in [5, 5.41) is 10.3. The lowest BCUT2D eigenvalue weighted by molar-refractivity contribution is 0.438. The second kappa shape index (κ2) is 5.65. The number of rotatable bonds is 3. The molecule has 5 nitrogen and oxygen atoms in total. The molecule has 1 aliphatic heterocycles. The van der Waals surface area contributed by atoms with Crippen molar-refractivity contribution in [2.45, 2.75) is 33.2 Å². The summed E-state index contributed by atoms with van der Waals surface area (Å²) in [4.78, 5) is 7.13. The number of nitrogens with zero attached hydrogens (tertiary/aromatic N) is 4. The van der Waals surface area contributed by atoms with E-state index in [2.05, 4.69) is 34.3 Å². The summed E-state index contributed by atoms with van der Waals surface area (Å²) < 4.78 is 2.63. The standard InChI is InChI=1S/C13H19N5S2/c1-3-18-11(15-16-12(18)19)10-8-20-13(14-10)17-6-4-9(2)5-7-17/h8-9H,3-7H2,1-2H3,(H,16,19). The van der Waals surface area contributed by atoms with Crippen LogP contribution in [0.1, 0.15) is 26.7 Å². The van der Waals surface area contributed by atoms with E-state index >= 15 is 0 Å². The Hall–Kier alpha value is -1.21. The van der Waals surface area contributed by atoms with Gasteiger partial charge in [-0.15, -0.1) is 11.3 Å². The summed E-state index contributed by atoms with van der Waals surface area (Å²) >= 11 is 6.92. The largest absolute Gasteiger partial charge is 0.348 e. The number of nitrogens with one attached hydrogen (secondary N) is 1. The third-order valence-corrected chi connectivity index (χ3v) is 5.06. The number of H-pyrrole nitrogens is 1. The van der Waals surface area contributed by atoms with Gasteiger partial charge in [-0.1, -0.05) is 6.92 Å². The predicted octanol–water partition coefficient (Wildman–Crippen LogP) is 3.32. The molecule has 1 fully saturated rings. The SMILES string of the molecule is CCn1c(-c2csc(N3CCC(C)CC3)n2)n[nH]c1=S. The summed E-state index contributed by atoms with van der Waals surface area (Å²) in [6.07, 6.45) is 2.51. The molecule has 0 saturated carbocycles. The quantitative estimate of drug-likeness (QED) is 0.884. The highest BCUT2D eigenvalue weighted by Crippen LogP contribution is 2.29. The summed E-state index contributed by atoms with van der Waals surface area (Å²) in [5.41, 5.74) is 0.915. The molecule has 1 aliphatic rings. The minimum absolute atomic E-state index is 0.656. The number of thiazole rings is 1. The lowest BCUT2D eigenvalue weighted by Gasteiger charge is -2.29. The topological polar surface area (TPSA) is 49.7 Å². The Morgan fingerprint density at radius 3 is 2.90 bits per heavy atom. The molecule has 0 spiro atoms. The van der Waals surface area contributed by atoms with Gasteiger partial charge in [0.05, 0.1) is 0 Å². The van der Waals surface area contributed by atoms with Crippen LogP contribution in [0.25, 0.3) is 11.5 Å². The van der Waals surface area contributed by atoms with E-state index < -0.39 is 0 Å². The Morgan fingerprint density at radius 1 is 1.45 bits per heavy atom. The first-order chi connectivity index (χ1) is 9.69. The van der Waals surface area contributed by atoms with E-state index in [0.717, 1.165) is 42.2 Å². The van der Waals surface area contributed by atoms with Crippen LogP contribution in [0.4, 0.5) is 5.13 Å². The number of aromatic nitrogens is 4. The normalized spacial score (nSPS) is 16.8. The molecule has 2 aromatic rings. The fourth-order valence-corrected chi connectivity index (χ4v) is 3.64. The van der Waals surface area contributed by atoms with Crippen molar-refractivity contribution in [3.63, 3.8) is 0 Å². The summed E-state index contributed by atoms with van der Waals surface area (Å²) in [6, 6.07) is 0. The summed E-state index contributed by atoms with van der Waals surface area (Å²) in [5.74, 6) is 1.67. The van der Waals surface area contributed by atoms with Gasteiger partial charge in [-0.25, -0.2) is 4.98 Å². The number of aromatic amines is 1. The first-order valence-electron chi connectivity index (χ1n) is 7.05. The minimum atomic E-state index is 0.656. The van der Waals surface area contributed by atoms with Crippen LogP contribution < -0.4 is 4.90 Å². The third-order valence-electron chi connectivity index (χ3n) is 3.85. The van der Waals surface area contributed by atoms with Crippen LogP contribution in [0.3, 0.4) is 0 Å². The molecule has 0 unspecified atom stereocenters. The van der Waals surface area contributed by atoms with Crippen molar-refractivity contribution < 1.29 is 0 Å². The molecule has 0 bridgehead atoms. The monoisotopic (exact) mass is 309 g/mol. The minimum Gasteiger partial charge on any atom is -0.348 e. The molecule has 0 atom stereocenters. The van der Waals surface area contributed by atoms with Crippen molar-refractivity contribution in [3.05, 3.63) is 10.2 Å². The highest BCUT2D eigenvalue weighted by Gasteiger charge is 2.20. The van der Waals surface area contributed by atoms with Crippen molar-refractivity contribution in [1.82, 2.24) is 19.7 Å². The van der Waals surface area contributed by atoms with Crippen molar-refractivity contribution in [2.24, 2.45) is 5.92 Å². The lowest BCUT2D eigenvalue weighted by Crippen LogP contribution is -2.32. The van der Waals surface area contributed by atoms with Crippen LogP contribution in [0.15, 0.2) is 5.38 Å². The number of piperidine rings is 1. The molecule has 3 heterocycles. The number of hydrogen-bond donors (Lipinski definition) is 1. The fraction of sp³-hybridized carbons (Fsp3) is 0.615. The number of anilines is 1. The Labute approximate surface area is 127 Å². The van der Waals surface area contributed by atoms with Gasteiger partial charge in [0.25, 0.3) is 0 Å². The maximum Gasteiger partial charge on any atom is 0.195 e. The second-order valence-electron chi connectivity index (χ2n) is 5.28. The van der Waals surface area contributed by atoms with Gasteiger partial charge in [0.15, 0.2) is 15.7 Å². The number of hydrogen-bond acceptors (Lipinski definition) is 5. The third kappa shape index (κ3) is 2.52. The lowest BCUT2D eigenvalue weighted by atomic mass is 10.00. The highest BCUT2D eigenvalue weighted by atomic mass is 32.1. The molecular weight excluding hydrogens is 290 g/mol. The average molecular weight is 309 g/mol. The molecule has 0 radical (unpaired) electrons. The van der Waals surface area contributed by atoms with Gasteiger partial charge >= 0.3 is 0 Å². The van der Waals surface area contributed by atoms with E-state index in [1.54, 1.807) is 11.3 Å². The van der Waals surface area contributed by atoms with Crippen molar-refractivity contribution in [2.75, 3.05) is 18.0 Å². The van der Waals surface area contributed by atoms with Crippen molar-refractivity contribution in [1.29, 1.82) is 0 Å². The highest BCUT2D eigenvalue weighted by molar-refractivity contribution is 7.71. The fourth-order valence-electron chi connectivity index (χ4n) is 2.52. The molecular formula is C13H19N5S2. The Balaban J connectivity index is 1.85. The van der Waals surface area contributed by atoms with Crippen molar-refractivity contribution >= 4 is 28.7 Å². The maximum absolute atomic E-state index is 5.23. The molecule has 0 amide bonds. The van der Waals surface area contributed by atoms with Gasteiger partial charge in [-0.05, 0) is 37.9 Å².